The lowest BCUT2D eigenvalue weighted by Gasteiger charge is -2.21. The fraction of sp³-hybridized carbons (Fsp3) is 0.462. The summed E-state index contributed by atoms with van der Waals surface area (Å²) < 4.78 is 6.36. The Morgan fingerprint density at radius 1 is 1.56 bits per heavy atom. The van der Waals surface area contributed by atoms with E-state index in [-0.39, 0.29) is 17.7 Å². The van der Waals surface area contributed by atoms with Gasteiger partial charge in [-0.05, 0) is 38.0 Å². The number of ether oxygens (including phenoxy) is 1. The summed E-state index contributed by atoms with van der Waals surface area (Å²) in [5.41, 5.74) is 1.07. The molecule has 1 saturated heterocycles. The van der Waals surface area contributed by atoms with Gasteiger partial charge in [0, 0.05) is 22.8 Å². The van der Waals surface area contributed by atoms with Crippen molar-refractivity contribution in [3.05, 3.63) is 28.2 Å². The van der Waals surface area contributed by atoms with Gasteiger partial charge in [0.1, 0.15) is 0 Å². The van der Waals surface area contributed by atoms with Crippen LogP contribution < -0.4 is 5.32 Å². The first-order valence-corrected chi connectivity index (χ1v) is 6.77. The summed E-state index contributed by atoms with van der Waals surface area (Å²) in [5, 5.41) is 12.3. The summed E-state index contributed by atoms with van der Waals surface area (Å²) in [4.78, 5) is 11.0. The minimum absolute atomic E-state index is 0.170. The van der Waals surface area contributed by atoms with Crippen LogP contribution in [0.2, 0.25) is 0 Å². The highest BCUT2D eigenvalue weighted by Crippen LogP contribution is 2.23. The average Bonchev–Trinajstić information content (AvgIpc) is 2.81. The lowest BCUT2D eigenvalue weighted by atomic mass is 10.1. The third-order valence-electron chi connectivity index (χ3n) is 3.06. The van der Waals surface area contributed by atoms with Crippen LogP contribution in [0.25, 0.3) is 0 Å². The minimum atomic E-state index is -0.927. The highest BCUT2D eigenvalue weighted by Gasteiger charge is 2.22. The molecule has 0 radical (unpaired) electrons. The number of hydrogen-bond acceptors (Lipinski definition) is 3. The van der Waals surface area contributed by atoms with Crippen LogP contribution in [-0.4, -0.2) is 29.8 Å². The summed E-state index contributed by atoms with van der Waals surface area (Å²) in [5.74, 6) is -0.927. The number of halogens is 1. The lowest BCUT2D eigenvalue weighted by Crippen LogP contribution is -2.30. The topological polar surface area (TPSA) is 58.6 Å². The van der Waals surface area contributed by atoms with E-state index >= 15 is 0 Å². The highest BCUT2D eigenvalue weighted by molar-refractivity contribution is 9.10. The van der Waals surface area contributed by atoms with Gasteiger partial charge in [0.25, 0.3) is 0 Å². The SMILES string of the molecule is CC(Nc1cc(Br)cc(C(=O)O)c1)C1CCCO1. The van der Waals surface area contributed by atoms with Crippen molar-refractivity contribution >= 4 is 27.6 Å². The third-order valence-corrected chi connectivity index (χ3v) is 3.52. The van der Waals surface area contributed by atoms with Crippen molar-refractivity contribution in [1.82, 2.24) is 0 Å². The molecule has 5 heteroatoms. The smallest absolute Gasteiger partial charge is 0.335 e. The molecule has 18 heavy (non-hydrogen) atoms. The molecule has 0 aliphatic carbocycles. The maximum absolute atomic E-state index is 11.0. The first-order valence-electron chi connectivity index (χ1n) is 5.98. The van der Waals surface area contributed by atoms with Gasteiger partial charge in [0.2, 0.25) is 0 Å². The molecular weight excluding hydrogens is 298 g/mol. The Hall–Kier alpha value is -1.07. The Morgan fingerprint density at radius 3 is 2.94 bits per heavy atom. The zero-order chi connectivity index (χ0) is 13.1. The van der Waals surface area contributed by atoms with Gasteiger partial charge < -0.3 is 15.2 Å². The maximum Gasteiger partial charge on any atom is 0.335 e. The van der Waals surface area contributed by atoms with E-state index < -0.39 is 5.97 Å². The molecule has 1 aliphatic heterocycles. The third kappa shape index (κ3) is 3.23. The first kappa shape index (κ1) is 13.4. The second kappa shape index (κ2) is 5.71. The van der Waals surface area contributed by atoms with E-state index in [1.165, 1.54) is 0 Å². The van der Waals surface area contributed by atoms with Crippen LogP contribution >= 0.6 is 15.9 Å². The predicted octanol–water partition coefficient (Wildman–Crippen LogP) is 3.13. The van der Waals surface area contributed by atoms with Gasteiger partial charge in [0.05, 0.1) is 11.7 Å². The Bertz CT molecular complexity index is 444. The standard InChI is InChI=1S/C13H16BrNO3/c1-8(12-3-2-4-18-12)15-11-6-9(13(16)17)5-10(14)7-11/h5-8,12,15H,2-4H2,1H3,(H,16,17). The summed E-state index contributed by atoms with van der Waals surface area (Å²) in [6, 6.07) is 5.27. The van der Waals surface area contributed by atoms with Crippen LogP contribution in [0.15, 0.2) is 22.7 Å². The molecule has 2 rings (SSSR count). The Kier molecular flexibility index (Phi) is 4.24. The van der Waals surface area contributed by atoms with Crippen molar-refractivity contribution in [2.75, 3.05) is 11.9 Å². The van der Waals surface area contributed by atoms with Crippen molar-refractivity contribution in [2.45, 2.75) is 31.9 Å². The molecule has 0 aromatic heterocycles. The van der Waals surface area contributed by atoms with E-state index in [1.807, 2.05) is 6.07 Å². The van der Waals surface area contributed by atoms with Crippen LogP contribution in [0.5, 0.6) is 0 Å². The number of carboxylic acid groups (broad SMARTS) is 1. The van der Waals surface area contributed by atoms with Crippen molar-refractivity contribution < 1.29 is 14.6 Å². The van der Waals surface area contributed by atoms with E-state index in [9.17, 15) is 4.79 Å². The van der Waals surface area contributed by atoms with Crippen molar-refractivity contribution in [2.24, 2.45) is 0 Å². The molecule has 2 atom stereocenters. The number of hydrogen-bond donors (Lipinski definition) is 2. The van der Waals surface area contributed by atoms with Gasteiger partial charge in [0.15, 0.2) is 0 Å². The van der Waals surface area contributed by atoms with Gasteiger partial charge in [-0.2, -0.15) is 0 Å². The second-order valence-electron chi connectivity index (χ2n) is 4.52. The zero-order valence-electron chi connectivity index (χ0n) is 10.1. The van der Waals surface area contributed by atoms with Crippen LogP contribution in [0, 0.1) is 0 Å². The average molecular weight is 314 g/mol. The number of anilines is 1. The molecule has 2 N–H and O–H groups in total. The quantitative estimate of drug-likeness (QED) is 0.896. The van der Waals surface area contributed by atoms with Gasteiger partial charge >= 0.3 is 5.97 Å². The fourth-order valence-corrected chi connectivity index (χ4v) is 2.64. The van der Waals surface area contributed by atoms with E-state index in [2.05, 4.69) is 28.2 Å². The van der Waals surface area contributed by atoms with Crippen molar-refractivity contribution in [3.8, 4) is 0 Å². The molecule has 1 aromatic carbocycles. The number of nitrogens with one attached hydrogen (secondary N) is 1. The highest BCUT2D eigenvalue weighted by atomic mass is 79.9. The molecule has 0 spiro atoms. The summed E-state index contributed by atoms with van der Waals surface area (Å²) >= 11 is 3.32. The fourth-order valence-electron chi connectivity index (χ4n) is 2.15. The Labute approximate surface area is 114 Å². The van der Waals surface area contributed by atoms with E-state index in [0.29, 0.717) is 0 Å². The van der Waals surface area contributed by atoms with E-state index in [0.717, 1.165) is 29.6 Å². The van der Waals surface area contributed by atoms with Crippen LogP contribution in [-0.2, 0) is 4.74 Å². The monoisotopic (exact) mass is 313 g/mol. The molecule has 1 heterocycles. The first-order chi connectivity index (χ1) is 8.56. The zero-order valence-corrected chi connectivity index (χ0v) is 11.7. The van der Waals surface area contributed by atoms with Crippen LogP contribution in [0.3, 0.4) is 0 Å². The van der Waals surface area contributed by atoms with Gasteiger partial charge in [-0.25, -0.2) is 4.79 Å². The second-order valence-corrected chi connectivity index (χ2v) is 5.43. The summed E-state index contributed by atoms with van der Waals surface area (Å²) in [6.45, 7) is 2.87. The molecule has 0 amide bonds. The molecule has 98 valence electrons. The van der Waals surface area contributed by atoms with Crippen molar-refractivity contribution in [3.63, 3.8) is 0 Å². The lowest BCUT2D eigenvalue weighted by molar-refractivity contribution is 0.0697. The number of carboxylic acids is 1. The largest absolute Gasteiger partial charge is 0.478 e. The molecule has 1 aromatic rings. The number of rotatable bonds is 4. The van der Waals surface area contributed by atoms with Crippen LogP contribution in [0.4, 0.5) is 5.69 Å². The summed E-state index contributed by atoms with van der Waals surface area (Å²) in [6.07, 6.45) is 2.35. The Morgan fingerprint density at radius 2 is 2.33 bits per heavy atom. The number of benzene rings is 1. The maximum atomic E-state index is 11.0. The minimum Gasteiger partial charge on any atom is -0.478 e. The molecule has 2 unspecified atom stereocenters. The van der Waals surface area contributed by atoms with Gasteiger partial charge in [-0.3, -0.25) is 0 Å². The normalized spacial score (nSPS) is 20.7. The molecule has 4 nitrogen and oxygen atoms in total. The molecule has 1 aliphatic rings. The van der Waals surface area contributed by atoms with Crippen molar-refractivity contribution in [1.29, 1.82) is 0 Å². The van der Waals surface area contributed by atoms with E-state index in [1.54, 1.807) is 12.1 Å². The number of aromatic carboxylic acids is 1. The van der Waals surface area contributed by atoms with Gasteiger partial charge in [-0.15, -0.1) is 0 Å². The molecular formula is C13H16BrNO3. The van der Waals surface area contributed by atoms with E-state index in [4.69, 9.17) is 9.84 Å². The molecule has 1 fully saturated rings. The Balaban J connectivity index is 2.10. The number of carbonyl (C=O) groups is 1. The molecule has 0 saturated carbocycles. The predicted molar refractivity (Wildman–Crippen MR) is 73.2 cm³/mol. The molecule has 0 bridgehead atoms. The summed E-state index contributed by atoms with van der Waals surface area (Å²) in [7, 11) is 0. The van der Waals surface area contributed by atoms with Gasteiger partial charge in [-0.1, -0.05) is 15.9 Å². The van der Waals surface area contributed by atoms with Crippen LogP contribution in [0.1, 0.15) is 30.1 Å².